The summed E-state index contributed by atoms with van der Waals surface area (Å²) >= 11 is 11.2. The van der Waals surface area contributed by atoms with Gasteiger partial charge in [0.05, 0.1) is 10.8 Å². The predicted octanol–water partition coefficient (Wildman–Crippen LogP) is 1.10. The summed E-state index contributed by atoms with van der Waals surface area (Å²) in [5.41, 5.74) is 0. The fraction of sp³-hybridized carbons (Fsp3) is 0.444. The van der Waals surface area contributed by atoms with Gasteiger partial charge in [0.1, 0.15) is 10.0 Å². The van der Waals surface area contributed by atoms with E-state index >= 15 is 0 Å². The fourth-order valence-corrected chi connectivity index (χ4v) is 3.28. The van der Waals surface area contributed by atoms with Gasteiger partial charge in [-0.3, -0.25) is 0 Å². The quantitative estimate of drug-likeness (QED) is 0.778. The number of sulfone groups is 1. The molecule has 0 spiro atoms. The van der Waals surface area contributed by atoms with Crippen LogP contribution in [0.2, 0.25) is 10.2 Å². The predicted molar refractivity (Wildman–Crippen MR) is 73.8 cm³/mol. The summed E-state index contributed by atoms with van der Waals surface area (Å²) in [5, 5.41) is -0.0000937. The van der Waals surface area contributed by atoms with Gasteiger partial charge in [-0.1, -0.05) is 30.1 Å². The van der Waals surface area contributed by atoms with E-state index in [1.54, 1.807) is 0 Å². The van der Waals surface area contributed by atoms with Crippen LogP contribution in [-0.4, -0.2) is 39.9 Å². The van der Waals surface area contributed by atoms with Crippen LogP contribution < -0.4 is 4.72 Å². The summed E-state index contributed by atoms with van der Waals surface area (Å²) in [7, 11) is -7.08. The van der Waals surface area contributed by atoms with Crippen LogP contribution in [-0.2, 0) is 19.9 Å². The zero-order chi connectivity index (χ0) is 14.7. The molecule has 1 heterocycles. The average molecular weight is 347 g/mol. The highest BCUT2D eigenvalue weighted by molar-refractivity contribution is 7.91. The van der Waals surface area contributed by atoms with Crippen molar-refractivity contribution in [3.8, 4) is 0 Å². The van der Waals surface area contributed by atoms with Gasteiger partial charge in [-0.2, -0.15) is 0 Å². The highest BCUT2D eigenvalue weighted by Gasteiger charge is 2.17. The Bertz CT molecular complexity index is 659. The van der Waals surface area contributed by atoms with Gasteiger partial charge >= 0.3 is 0 Å². The van der Waals surface area contributed by atoms with Gasteiger partial charge in [0.25, 0.3) is 0 Å². The summed E-state index contributed by atoms with van der Waals surface area (Å²) in [6.45, 7) is 1.28. The minimum Gasteiger partial charge on any atom is -0.242 e. The van der Waals surface area contributed by atoms with E-state index in [1.807, 2.05) is 0 Å². The Morgan fingerprint density at radius 2 is 1.89 bits per heavy atom. The number of hydrogen-bond acceptors (Lipinski definition) is 5. The Balaban J connectivity index is 2.79. The summed E-state index contributed by atoms with van der Waals surface area (Å²) in [6.07, 6.45) is 1.05. The molecule has 0 saturated heterocycles. The number of hydrogen-bond donors (Lipinski definition) is 1. The Hall–Kier alpha value is -0.410. The third-order valence-electron chi connectivity index (χ3n) is 2.23. The molecule has 108 valence electrons. The van der Waals surface area contributed by atoms with E-state index in [2.05, 4.69) is 9.71 Å². The molecule has 0 aliphatic rings. The maximum Gasteiger partial charge on any atom is 0.242 e. The molecule has 1 N–H and O–H groups in total. The second kappa shape index (κ2) is 6.36. The first-order chi connectivity index (χ1) is 8.68. The molecule has 0 amide bonds. The van der Waals surface area contributed by atoms with E-state index in [9.17, 15) is 16.8 Å². The van der Waals surface area contributed by atoms with Gasteiger partial charge in [0.15, 0.2) is 9.84 Å². The topological polar surface area (TPSA) is 93.2 Å². The minimum atomic E-state index is -3.85. The van der Waals surface area contributed by atoms with Crippen LogP contribution >= 0.6 is 23.2 Å². The Labute approximate surface area is 122 Å². The molecule has 10 heteroatoms. The molecule has 1 aromatic rings. The zero-order valence-corrected chi connectivity index (χ0v) is 13.1. The number of nitrogens with one attached hydrogen (secondary N) is 1. The summed E-state index contributed by atoms with van der Waals surface area (Å²) in [4.78, 5) is 3.44. The van der Waals surface area contributed by atoms with Crippen LogP contribution in [0.1, 0.15) is 6.92 Å². The van der Waals surface area contributed by atoms with Crippen molar-refractivity contribution < 1.29 is 16.8 Å². The van der Waals surface area contributed by atoms with E-state index in [-0.39, 0.29) is 33.1 Å². The first-order valence-corrected chi connectivity index (χ1v) is 9.25. The molecular formula is C9H12Cl2N2O4S2. The molecule has 0 saturated carbocycles. The molecule has 1 aromatic heterocycles. The molecule has 0 atom stereocenters. The zero-order valence-electron chi connectivity index (χ0n) is 9.93. The molecule has 0 fully saturated rings. The standard InChI is InChI=1S/C9H12Cl2N2O4S2/c1-2-18(14,15)4-3-13-19(16,17)7-5-8(10)9(11)12-6-7/h5-6,13H,2-4H2,1H3. The highest BCUT2D eigenvalue weighted by atomic mass is 35.5. The number of pyridine rings is 1. The Kier molecular flexibility index (Phi) is 5.57. The minimum absolute atomic E-state index is 0.00530. The second-order valence-corrected chi connectivity index (χ2v) is 8.58. The highest BCUT2D eigenvalue weighted by Crippen LogP contribution is 2.21. The lowest BCUT2D eigenvalue weighted by atomic mass is 10.5. The van der Waals surface area contributed by atoms with Crippen molar-refractivity contribution in [3.05, 3.63) is 22.4 Å². The first-order valence-electron chi connectivity index (χ1n) is 5.19. The number of aromatic nitrogens is 1. The molecule has 0 aliphatic carbocycles. The lowest BCUT2D eigenvalue weighted by Gasteiger charge is -2.07. The lowest BCUT2D eigenvalue weighted by Crippen LogP contribution is -2.29. The second-order valence-electron chi connectivity index (χ2n) is 3.58. The maximum absolute atomic E-state index is 11.8. The summed E-state index contributed by atoms with van der Waals surface area (Å²) in [6, 6.07) is 1.15. The smallest absolute Gasteiger partial charge is 0.242 e. The van der Waals surface area contributed by atoms with Gasteiger partial charge in [0.2, 0.25) is 10.0 Å². The van der Waals surface area contributed by atoms with Crippen LogP contribution in [0.15, 0.2) is 17.2 Å². The van der Waals surface area contributed by atoms with Crippen molar-refractivity contribution in [2.24, 2.45) is 0 Å². The molecule has 6 nitrogen and oxygen atoms in total. The van der Waals surface area contributed by atoms with Crippen LogP contribution in [0.4, 0.5) is 0 Å². The molecule has 1 rings (SSSR count). The first kappa shape index (κ1) is 16.6. The SMILES string of the molecule is CCS(=O)(=O)CCNS(=O)(=O)c1cnc(Cl)c(Cl)c1. The van der Waals surface area contributed by atoms with Crippen LogP contribution in [0.25, 0.3) is 0 Å². The van der Waals surface area contributed by atoms with Crippen molar-refractivity contribution in [1.82, 2.24) is 9.71 Å². The number of nitrogens with zero attached hydrogens (tertiary/aromatic N) is 1. The Morgan fingerprint density at radius 3 is 2.42 bits per heavy atom. The van der Waals surface area contributed by atoms with Crippen molar-refractivity contribution in [3.63, 3.8) is 0 Å². The Morgan fingerprint density at radius 1 is 1.26 bits per heavy atom. The monoisotopic (exact) mass is 346 g/mol. The maximum atomic E-state index is 11.8. The van der Waals surface area contributed by atoms with Gasteiger partial charge in [-0.15, -0.1) is 0 Å². The van der Waals surface area contributed by atoms with Crippen LogP contribution in [0.3, 0.4) is 0 Å². The molecule has 0 radical (unpaired) electrons. The van der Waals surface area contributed by atoms with Gasteiger partial charge in [-0.05, 0) is 6.07 Å². The number of sulfonamides is 1. The molecule has 19 heavy (non-hydrogen) atoms. The molecular weight excluding hydrogens is 335 g/mol. The van der Waals surface area contributed by atoms with Crippen LogP contribution in [0.5, 0.6) is 0 Å². The summed E-state index contributed by atoms with van der Waals surface area (Å²) < 4.78 is 48.3. The van der Waals surface area contributed by atoms with Crippen molar-refractivity contribution >= 4 is 43.1 Å². The molecule has 0 aromatic carbocycles. The van der Waals surface area contributed by atoms with E-state index in [0.717, 1.165) is 12.3 Å². The fourth-order valence-electron chi connectivity index (χ4n) is 1.11. The number of rotatable bonds is 6. The average Bonchev–Trinajstić information content (AvgIpc) is 2.32. The van der Waals surface area contributed by atoms with E-state index in [1.165, 1.54) is 6.92 Å². The third kappa shape index (κ3) is 4.88. The summed E-state index contributed by atoms with van der Waals surface area (Å²) in [5.74, 6) is -0.305. The number of halogens is 2. The molecule has 0 unspecified atom stereocenters. The van der Waals surface area contributed by atoms with E-state index in [4.69, 9.17) is 23.2 Å². The normalized spacial score (nSPS) is 12.6. The lowest BCUT2D eigenvalue weighted by molar-refractivity contribution is 0.581. The molecule has 0 bridgehead atoms. The van der Waals surface area contributed by atoms with Gasteiger partial charge < -0.3 is 0 Å². The van der Waals surface area contributed by atoms with Gasteiger partial charge in [-0.25, -0.2) is 26.5 Å². The van der Waals surface area contributed by atoms with Crippen molar-refractivity contribution in [2.45, 2.75) is 11.8 Å². The van der Waals surface area contributed by atoms with Crippen molar-refractivity contribution in [2.75, 3.05) is 18.1 Å². The van der Waals surface area contributed by atoms with Crippen LogP contribution in [0, 0.1) is 0 Å². The van der Waals surface area contributed by atoms with E-state index in [0.29, 0.717) is 0 Å². The van der Waals surface area contributed by atoms with Crippen molar-refractivity contribution in [1.29, 1.82) is 0 Å². The largest absolute Gasteiger partial charge is 0.242 e. The molecule has 0 aliphatic heterocycles. The van der Waals surface area contributed by atoms with Gasteiger partial charge in [0, 0.05) is 18.5 Å². The van der Waals surface area contributed by atoms with E-state index < -0.39 is 19.9 Å². The third-order valence-corrected chi connectivity index (χ3v) is 6.05.